The Morgan fingerprint density at radius 1 is 1.32 bits per heavy atom. The van der Waals surface area contributed by atoms with E-state index < -0.39 is 0 Å². The highest BCUT2D eigenvalue weighted by Gasteiger charge is 2.18. The maximum absolute atomic E-state index is 13.8. The van der Waals surface area contributed by atoms with E-state index in [0.717, 1.165) is 15.9 Å². The van der Waals surface area contributed by atoms with Crippen molar-refractivity contribution in [2.24, 2.45) is 0 Å². The summed E-state index contributed by atoms with van der Waals surface area (Å²) in [5.74, 6) is 0.676. The number of aryl methyl sites for hydroxylation is 1. The Balaban J connectivity index is 2.33. The average Bonchev–Trinajstić information content (AvgIpc) is 2.38. The van der Waals surface area contributed by atoms with Crippen molar-refractivity contribution in [2.45, 2.75) is 19.9 Å². The molecule has 2 nitrogen and oxygen atoms in total. The molecular formula is C15H16BrFN2. The number of halogens is 2. The molecule has 0 aliphatic rings. The van der Waals surface area contributed by atoms with Crippen molar-refractivity contribution in [1.29, 1.82) is 0 Å². The minimum Gasteiger partial charge on any atom is -0.353 e. The summed E-state index contributed by atoms with van der Waals surface area (Å²) in [6.07, 6.45) is 1.76. The zero-order valence-corrected chi connectivity index (χ0v) is 12.8. The van der Waals surface area contributed by atoms with Crippen LogP contribution in [0.25, 0.3) is 0 Å². The summed E-state index contributed by atoms with van der Waals surface area (Å²) in [5.41, 5.74) is 1.73. The van der Waals surface area contributed by atoms with Crippen LogP contribution in [0.15, 0.2) is 41.0 Å². The van der Waals surface area contributed by atoms with Gasteiger partial charge in [-0.3, -0.25) is 0 Å². The van der Waals surface area contributed by atoms with E-state index in [1.807, 2.05) is 44.0 Å². The Bertz CT molecular complexity index is 586. The van der Waals surface area contributed by atoms with E-state index in [9.17, 15) is 4.39 Å². The van der Waals surface area contributed by atoms with Crippen LogP contribution in [0.1, 0.15) is 24.1 Å². The molecule has 1 unspecified atom stereocenters. The predicted octanol–water partition coefficient (Wildman–Crippen LogP) is 4.49. The van der Waals surface area contributed by atoms with E-state index in [1.54, 1.807) is 12.3 Å². The van der Waals surface area contributed by atoms with Crippen molar-refractivity contribution in [2.75, 3.05) is 11.9 Å². The van der Waals surface area contributed by atoms with Crippen LogP contribution in [0, 0.1) is 12.7 Å². The number of rotatable bonds is 3. The molecule has 0 fully saturated rings. The number of benzene rings is 1. The van der Waals surface area contributed by atoms with Crippen LogP contribution in [-0.2, 0) is 0 Å². The molecule has 2 rings (SSSR count). The molecule has 0 aliphatic heterocycles. The Kier molecular flexibility index (Phi) is 4.20. The summed E-state index contributed by atoms with van der Waals surface area (Å²) in [4.78, 5) is 6.40. The number of hydrogen-bond acceptors (Lipinski definition) is 2. The lowest BCUT2D eigenvalue weighted by atomic mass is 10.1. The molecule has 19 heavy (non-hydrogen) atoms. The van der Waals surface area contributed by atoms with E-state index >= 15 is 0 Å². The van der Waals surface area contributed by atoms with E-state index in [1.165, 1.54) is 6.07 Å². The average molecular weight is 323 g/mol. The SMILES string of the molecule is Cc1cc(Br)cnc1N(C)C(C)c1ccccc1F. The van der Waals surface area contributed by atoms with Gasteiger partial charge in [-0.1, -0.05) is 18.2 Å². The molecule has 100 valence electrons. The van der Waals surface area contributed by atoms with Gasteiger partial charge in [-0.15, -0.1) is 0 Å². The van der Waals surface area contributed by atoms with Crippen molar-refractivity contribution in [3.05, 3.63) is 57.9 Å². The van der Waals surface area contributed by atoms with Crippen LogP contribution in [0.3, 0.4) is 0 Å². The van der Waals surface area contributed by atoms with Crippen LogP contribution in [0.5, 0.6) is 0 Å². The standard InChI is InChI=1S/C15H16BrFN2/c1-10-8-12(16)9-18-15(10)19(3)11(2)13-6-4-5-7-14(13)17/h4-9,11H,1-3H3. The third-order valence-electron chi connectivity index (χ3n) is 3.29. The second-order valence-corrected chi connectivity index (χ2v) is 5.52. The van der Waals surface area contributed by atoms with Gasteiger partial charge in [-0.25, -0.2) is 9.37 Å². The van der Waals surface area contributed by atoms with Gasteiger partial charge >= 0.3 is 0 Å². The third-order valence-corrected chi connectivity index (χ3v) is 3.72. The van der Waals surface area contributed by atoms with Crippen LogP contribution >= 0.6 is 15.9 Å². The molecule has 0 radical (unpaired) electrons. The van der Waals surface area contributed by atoms with Gasteiger partial charge in [-0.05, 0) is 47.5 Å². The third kappa shape index (κ3) is 2.95. The van der Waals surface area contributed by atoms with Crippen molar-refractivity contribution < 1.29 is 4.39 Å². The predicted molar refractivity (Wildman–Crippen MR) is 79.9 cm³/mol. The summed E-state index contributed by atoms with van der Waals surface area (Å²) < 4.78 is 14.8. The van der Waals surface area contributed by atoms with Crippen molar-refractivity contribution in [1.82, 2.24) is 4.98 Å². The summed E-state index contributed by atoms with van der Waals surface area (Å²) in [5, 5.41) is 0. The molecule has 0 N–H and O–H groups in total. The maximum Gasteiger partial charge on any atom is 0.131 e. The van der Waals surface area contributed by atoms with Gasteiger partial charge in [0, 0.05) is 23.3 Å². The Labute approximate surface area is 121 Å². The molecule has 4 heteroatoms. The van der Waals surface area contributed by atoms with Crippen molar-refractivity contribution >= 4 is 21.7 Å². The summed E-state index contributed by atoms with van der Waals surface area (Å²) in [7, 11) is 1.93. The quantitative estimate of drug-likeness (QED) is 0.827. The molecule has 0 saturated carbocycles. The van der Waals surface area contributed by atoms with Gasteiger partial charge in [0.2, 0.25) is 0 Å². The van der Waals surface area contributed by atoms with Crippen LogP contribution in [0.2, 0.25) is 0 Å². The Hall–Kier alpha value is -1.42. The lowest BCUT2D eigenvalue weighted by molar-refractivity contribution is 0.584. The fourth-order valence-electron chi connectivity index (χ4n) is 2.11. The fraction of sp³-hybridized carbons (Fsp3) is 0.267. The first-order valence-corrected chi connectivity index (χ1v) is 6.89. The minimum atomic E-state index is -0.184. The molecule has 0 amide bonds. The fourth-order valence-corrected chi connectivity index (χ4v) is 2.55. The van der Waals surface area contributed by atoms with Gasteiger partial charge < -0.3 is 4.90 Å². The highest BCUT2D eigenvalue weighted by molar-refractivity contribution is 9.10. The molecule has 1 aromatic heterocycles. The molecule has 1 aromatic carbocycles. The maximum atomic E-state index is 13.8. The first kappa shape index (κ1) is 14.0. The zero-order chi connectivity index (χ0) is 14.0. The number of anilines is 1. The lowest BCUT2D eigenvalue weighted by Crippen LogP contribution is -2.24. The molecule has 2 aromatic rings. The number of pyridine rings is 1. The Morgan fingerprint density at radius 3 is 2.63 bits per heavy atom. The van der Waals surface area contributed by atoms with E-state index in [4.69, 9.17) is 0 Å². The van der Waals surface area contributed by atoms with Gasteiger partial charge in [0.1, 0.15) is 11.6 Å². The first-order chi connectivity index (χ1) is 9.00. The molecular weight excluding hydrogens is 307 g/mol. The van der Waals surface area contributed by atoms with E-state index in [2.05, 4.69) is 20.9 Å². The van der Waals surface area contributed by atoms with E-state index in [0.29, 0.717) is 5.56 Å². The van der Waals surface area contributed by atoms with Crippen molar-refractivity contribution in [3.8, 4) is 0 Å². The smallest absolute Gasteiger partial charge is 0.131 e. The molecule has 0 bridgehead atoms. The number of aromatic nitrogens is 1. The van der Waals surface area contributed by atoms with Crippen LogP contribution in [-0.4, -0.2) is 12.0 Å². The molecule has 1 atom stereocenters. The van der Waals surface area contributed by atoms with Gasteiger partial charge in [-0.2, -0.15) is 0 Å². The van der Waals surface area contributed by atoms with Crippen LogP contribution < -0.4 is 4.90 Å². The molecule has 0 aliphatic carbocycles. The second kappa shape index (κ2) is 5.70. The monoisotopic (exact) mass is 322 g/mol. The topological polar surface area (TPSA) is 16.1 Å². The van der Waals surface area contributed by atoms with Crippen LogP contribution in [0.4, 0.5) is 10.2 Å². The van der Waals surface area contributed by atoms with Gasteiger partial charge in [0.15, 0.2) is 0 Å². The van der Waals surface area contributed by atoms with Gasteiger partial charge in [0.25, 0.3) is 0 Å². The molecule has 1 heterocycles. The summed E-state index contributed by atoms with van der Waals surface area (Å²) >= 11 is 3.40. The number of nitrogens with zero attached hydrogens (tertiary/aromatic N) is 2. The highest BCUT2D eigenvalue weighted by Crippen LogP contribution is 2.28. The minimum absolute atomic E-state index is 0.0754. The zero-order valence-electron chi connectivity index (χ0n) is 11.2. The highest BCUT2D eigenvalue weighted by atomic mass is 79.9. The van der Waals surface area contributed by atoms with E-state index in [-0.39, 0.29) is 11.9 Å². The first-order valence-electron chi connectivity index (χ1n) is 6.10. The largest absolute Gasteiger partial charge is 0.353 e. The van der Waals surface area contributed by atoms with Crippen molar-refractivity contribution in [3.63, 3.8) is 0 Å². The number of hydrogen-bond donors (Lipinski definition) is 0. The summed E-state index contributed by atoms with van der Waals surface area (Å²) in [6, 6.07) is 8.78. The van der Waals surface area contributed by atoms with Gasteiger partial charge in [0.05, 0.1) is 6.04 Å². The Morgan fingerprint density at radius 2 is 2.00 bits per heavy atom. The second-order valence-electron chi connectivity index (χ2n) is 4.60. The summed E-state index contributed by atoms with van der Waals surface area (Å²) in [6.45, 7) is 3.97. The normalized spacial score (nSPS) is 12.3. The lowest BCUT2D eigenvalue weighted by Gasteiger charge is -2.28. The molecule has 0 saturated heterocycles. The molecule has 0 spiro atoms.